The third kappa shape index (κ3) is 3.84. The van der Waals surface area contributed by atoms with Crippen LogP contribution in [0.5, 0.6) is 11.5 Å². The molecule has 1 aliphatic rings. The molecule has 0 radical (unpaired) electrons. The number of piperidine rings is 1. The smallest absolute Gasteiger partial charge is 0.124 e. The van der Waals surface area contributed by atoms with E-state index >= 15 is 0 Å². The zero-order valence-corrected chi connectivity index (χ0v) is 16.4. The maximum absolute atomic E-state index is 10.9. The van der Waals surface area contributed by atoms with Gasteiger partial charge in [0.2, 0.25) is 0 Å². The number of H-pyrrole nitrogens is 1. The third-order valence-electron chi connectivity index (χ3n) is 5.53. The molecule has 0 amide bonds. The summed E-state index contributed by atoms with van der Waals surface area (Å²) < 4.78 is 10.7. The minimum Gasteiger partial charge on any atom is -0.497 e. The van der Waals surface area contributed by atoms with Gasteiger partial charge in [0.15, 0.2) is 0 Å². The molecule has 2 N–H and O–H groups in total. The second-order valence-electron chi connectivity index (χ2n) is 7.36. The summed E-state index contributed by atoms with van der Waals surface area (Å²) in [7, 11) is 3.25. The number of aliphatic hydroxyl groups excluding tert-OH is 1. The van der Waals surface area contributed by atoms with Gasteiger partial charge in [-0.05, 0) is 49.7 Å². The number of imidazole rings is 1. The lowest BCUT2D eigenvalue weighted by Gasteiger charge is -2.33. The third-order valence-corrected chi connectivity index (χ3v) is 5.53. The van der Waals surface area contributed by atoms with Crippen molar-refractivity contribution >= 4 is 11.0 Å². The summed E-state index contributed by atoms with van der Waals surface area (Å²) in [6, 6.07) is 13.7. The van der Waals surface area contributed by atoms with E-state index in [1.54, 1.807) is 14.2 Å². The number of likely N-dealkylation sites (tertiary alicyclic amines) is 1. The molecule has 1 saturated heterocycles. The Morgan fingerprint density at radius 2 is 2.07 bits per heavy atom. The molecular formula is C22H27N3O3. The summed E-state index contributed by atoms with van der Waals surface area (Å²) in [5.74, 6) is 2.78. The lowest BCUT2D eigenvalue weighted by atomic mass is 9.96. The molecule has 2 aromatic carbocycles. The zero-order valence-electron chi connectivity index (χ0n) is 16.4. The van der Waals surface area contributed by atoms with Crippen LogP contribution in [0.25, 0.3) is 11.0 Å². The number of ether oxygens (including phenoxy) is 2. The molecule has 2 atom stereocenters. The first-order chi connectivity index (χ1) is 13.7. The van der Waals surface area contributed by atoms with Crippen LogP contribution >= 0.6 is 0 Å². The lowest BCUT2D eigenvalue weighted by Crippen LogP contribution is -2.37. The maximum atomic E-state index is 10.9. The van der Waals surface area contributed by atoms with Crippen LogP contribution in [0.4, 0.5) is 0 Å². The van der Waals surface area contributed by atoms with Crippen LogP contribution in [0.2, 0.25) is 0 Å². The van der Waals surface area contributed by atoms with Crippen molar-refractivity contribution in [2.75, 3.05) is 33.9 Å². The molecule has 0 aliphatic carbocycles. The quantitative estimate of drug-likeness (QED) is 0.684. The fraction of sp³-hybridized carbons (Fsp3) is 0.409. The van der Waals surface area contributed by atoms with Crippen LogP contribution in [0.1, 0.15) is 36.3 Å². The zero-order chi connectivity index (χ0) is 19.5. The predicted octanol–water partition coefficient (Wildman–Crippen LogP) is 3.49. The number of β-amino-alcohol motifs (C(OH)–C–C–N with tert-alkyl or cyclic N) is 1. The molecule has 0 saturated carbocycles. The standard InChI is InChI=1S/C22H27N3O3/c1-27-16-9-10-21(28-2)17(12-16)20(26)14-25-11-5-6-15(13-25)22-23-18-7-3-4-8-19(18)24-22/h3-4,7-10,12,15,20,26H,5-6,11,13-14H2,1-2H3,(H,23,24). The van der Waals surface area contributed by atoms with Crippen molar-refractivity contribution in [2.45, 2.75) is 24.9 Å². The molecule has 0 bridgehead atoms. The number of methoxy groups -OCH3 is 2. The highest BCUT2D eigenvalue weighted by molar-refractivity contribution is 5.74. The van der Waals surface area contributed by atoms with Crippen molar-refractivity contribution in [3.63, 3.8) is 0 Å². The van der Waals surface area contributed by atoms with Gasteiger partial charge in [-0.1, -0.05) is 12.1 Å². The molecule has 2 unspecified atom stereocenters. The molecule has 1 fully saturated rings. The monoisotopic (exact) mass is 381 g/mol. The minimum atomic E-state index is -0.639. The van der Waals surface area contributed by atoms with Crippen LogP contribution in [0.3, 0.4) is 0 Å². The van der Waals surface area contributed by atoms with Crippen molar-refractivity contribution in [2.24, 2.45) is 0 Å². The Morgan fingerprint density at radius 3 is 2.86 bits per heavy atom. The van der Waals surface area contributed by atoms with Crippen LogP contribution in [0, 0.1) is 0 Å². The van der Waals surface area contributed by atoms with E-state index in [0.717, 1.165) is 48.4 Å². The van der Waals surface area contributed by atoms with Gasteiger partial charge in [-0.25, -0.2) is 4.98 Å². The van der Waals surface area contributed by atoms with Gasteiger partial charge in [0.25, 0.3) is 0 Å². The molecule has 1 aromatic heterocycles. The summed E-state index contributed by atoms with van der Waals surface area (Å²) in [6.07, 6.45) is 1.55. The number of aromatic amines is 1. The Bertz CT molecular complexity index is 907. The molecule has 3 aromatic rings. The number of hydrogen-bond acceptors (Lipinski definition) is 5. The number of fused-ring (bicyclic) bond motifs is 1. The van der Waals surface area contributed by atoms with Crippen LogP contribution < -0.4 is 9.47 Å². The lowest BCUT2D eigenvalue weighted by molar-refractivity contribution is 0.0926. The molecular weight excluding hydrogens is 354 g/mol. The van der Waals surface area contributed by atoms with Gasteiger partial charge in [-0.15, -0.1) is 0 Å². The SMILES string of the molecule is COc1ccc(OC)c(C(O)CN2CCCC(c3nc4ccccc4[nH]3)C2)c1. The maximum Gasteiger partial charge on any atom is 0.124 e. The number of benzene rings is 2. The summed E-state index contributed by atoms with van der Waals surface area (Å²) in [6.45, 7) is 2.41. The van der Waals surface area contributed by atoms with Gasteiger partial charge in [-0.2, -0.15) is 0 Å². The fourth-order valence-corrected chi connectivity index (χ4v) is 4.05. The van der Waals surface area contributed by atoms with Crippen LogP contribution in [-0.4, -0.2) is 53.8 Å². The average molecular weight is 381 g/mol. The van der Waals surface area contributed by atoms with Gasteiger partial charge in [-0.3, -0.25) is 4.90 Å². The molecule has 2 heterocycles. The summed E-state index contributed by atoms with van der Waals surface area (Å²) in [4.78, 5) is 10.6. The van der Waals surface area contributed by atoms with E-state index in [-0.39, 0.29) is 0 Å². The number of rotatable bonds is 6. The number of nitrogens with zero attached hydrogens (tertiary/aromatic N) is 2. The topological polar surface area (TPSA) is 70.6 Å². The fourth-order valence-electron chi connectivity index (χ4n) is 4.05. The summed E-state index contributed by atoms with van der Waals surface area (Å²) >= 11 is 0. The van der Waals surface area contributed by atoms with E-state index in [9.17, 15) is 5.11 Å². The van der Waals surface area contributed by atoms with Crippen molar-refractivity contribution in [3.8, 4) is 11.5 Å². The second-order valence-corrected chi connectivity index (χ2v) is 7.36. The van der Waals surface area contributed by atoms with E-state index < -0.39 is 6.10 Å². The number of aromatic nitrogens is 2. The molecule has 148 valence electrons. The Balaban J connectivity index is 1.47. The number of nitrogens with one attached hydrogen (secondary N) is 1. The van der Waals surface area contributed by atoms with Crippen molar-refractivity contribution in [3.05, 3.63) is 53.9 Å². The Labute approximate surface area is 165 Å². The molecule has 6 heteroatoms. The van der Waals surface area contributed by atoms with E-state index in [0.29, 0.717) is 24.0 Å². The molecule has 0 spiro atoms. The Kier molecular flexibility index (Phi) is 5.50. The Hall–Kier alpha value is -2.57. The van der Waals surface area contributed by atoms with E-state index in [4.69, 9.17) is 14.5 Å². The van der Waals surface area contributed by atoms with Gasteiger partial charge in [0.1, 0.15) is 17.3 Å². The largest absolute Gasteiger partial charge is 0.497 e. The molecule has 1 aliphatic heterocycles. The van der Waals surface area contributed by atoms with Crippen LogP contribution in [0.15, 0.2) is 42.5 Å². The first-order valence-corrected chi connectivity index (χ1v) is 9.75. The highest BCUT2D eigenvalue weighted by Gasteiger charge is 2.26. The normalized spacial score (nSPS) is 18.9. The van der Waals surface area contributed by atoms with Gasteiger partial charge < -0.3 is 19.6 Å². The van der Waals surface area contributed by atoms with Gasteiger partial charge in [0, 0.05) is 24.6 Å². The van der Waals surface area contributed by atoms with Crippen molar-refractivity contribution in [1.29, 1.82) is 0 Å². The summed E-state index contributed by atoms with van der Waals surface area (Å²) in [5.41, 5.74) is 2.85. The average Bonchev–Trinajstić information content (AvgIpc) is 3.18. The number of para-hydroxylation sites is 2. The Morgan fingerprint density at radius 1 is 1.21 bits per heavy atom. The molecule has 4 rings (SSSR count). The first-order valence-electron chi connectivity index (χ1n) is 9.75. The van der Waals surface area contributed by atoms with E-state index in [1.165, 1.54) is 0 Å². The predicted molar refractivity (Wildman–Crippen MR) is 109 cm³/mol. The van der Waals surface area contributed by atoms with Crippen LogP contribution in [-0.2, 0) is 0 Å². The molecule has 28 heavy (non-hydrogen) atoms. The van der Waals surface area contributed by atoms with Gasteiger partial charge in [0.05, 0.1) is 31.4 Å². The van der Waals surface area contributed by atoms with Crippen molar-refractivity contribution in [1.82, 2.24) is 14.9 Å². The van der Waals surface area contributed by atoms with E-state index in [2.05, 4.69) is 16.0 Å². The minimum absolute atomic E-state index is 0.348. The first kappa shape index (κ1) is 18.8. The van der Waals surface area contributed by atoms with Crippen molar-refractivity contribution < 1.29 is 14.6 Å². The molecule has 6 nitrogen and oxygen atoms in total. The summed E-state index contributed by atoms with van der Waals surface area (Å²) in [5, 5.41) is 10.9. The number of aliphatic hydroxyl groups is 1. The van der Waals surface area contributed by atoms with Gasteiger partial charge >= 0.3 is 0 Å². The number of hydrogen-bond donors (Lipinski definition) is 2. The highest BCUT2D eigenvalue weighted by atomic mass is 16.5. The van der Waals surface area contributed by atoms with E-state index in [1.807, 2.05) is 36.4 Å². The second kappa shape index (κ2) is 8.20. The highest BCUT2D eigenvalue weighted by Crippen LogP contribution is 2.32.